The van der Waals surface area contributed by atoms with Gasteiger partial charge in [-0.25, -0.2) is 4.68 Å². The summed E-state index contributed by atoms with van der Waals surface area (Å²) in [5.74, 6) is 0.607. The molecule has 0 radical (unpaired) electrons. The SMILES string of the molecule is O=[N+]([O-])c1ccc([C@@H]2C=C(c3ccc(Cl)cc3)Nc3ncnn32)cc1. The Morgan fingerprint density at radius 1 is 1.12 bits per heavy atom. The topological polar surface area (TPSA) is 85.9 Å². The Kier molecular flexibility index (Phi) is 3.70. The molecule has 4 rings (SSSR count). The highest BCUT2D eigenvalue weighted by atomic mass is 35.5. The number of aromatic nitrogens is 3. The minimum absolute atomic E-state index is 0.0541. The number of nitrogens with zero attached hydrogens (tertiary/aromatic N) is 4. The number of nitro groups is 1. The van der Waals surface area contributed by atoms with Gasteiger partial charge in [0.25, 0.3) is 5.69 Å². The molecule has 1 N–H and O–H groups in total. The van der Waals surface area contributed by atoms with Crippen LogP contribution in [0.5, 0.6) is 0 Å². The van der Waals surface area contributed by atoms with E-state index in [-0.39, 0.29) is 11.7 Å². The summed E-state index contributed by atoms with van der Waals surface area (Å²) in [6, 6.07) is 13.7. The monoisotopic (exact) mass is 353 g/mol. The van der Waals surface area contributed by atoms with Crippen molar-refractivity contribution in [2.45, 2.75) is 6.04 Å². The van der Waals surface area contributed by atoms with Crippen molar-refractivity contribution in [3.05, 3.63) is 87.2 Å². The molecule has 0 saturated heterocycles. The summed E-state index contributed by atoms with van der Waals surface area (Å²) in [6.07, 6.45) is 3.48. The lowest BCUT2D eigenvalue weighted by atomic mass is 10.0. The van der Waals surface area contributed by atoms with Gasteiger partial charge in [-0.2, -0.15) is 10.1 Å². The zero-order valence-corrected chi connectivity index (χ0v) is 13.6. The van der Waals surface area contributed by atoms with Crippen molar-refractivity contribution in [3.8, 4) is 0 Å². The predicted molar refractivity (Wildman–Crippen MR) is 94.3 cm³/mol. The highest BCUT2D eigenvalue weighted by Gasteiger charge is 2.23. The van der Waals surface area contributed by atoms with E-state index in [0.717, 1.165) is 16.8 Å². The number of allylic oxidation sites excluding steroid dienone is 1. The fourth-order valence-corrected chi connectivity index (χ4v) is 2.89. The number of halogens is 1. The molecule has 7 nitrogen and oxygen atoms in total. The Bertz CT molecular complexity index is 963. The van der Waals surface area contributed by atoms with Crippen LogP contribution in [0.3, 0.4) is 0 Å². The third-order valence-electron chi connectivity index (χ3n) is 4.01. The van der Waals surface area contributed by atoms with Crippen LogP contribution in [0, 0.1) is 10.1 Å². The molecule has 25 heavy (non-hydrogen) atoms. The Balaban J connectivity index is 1.76. The number of non-ortho nitro benzene ring substituents is 1. The summed E-state index contributed by atoms with van der Waals surface area (Å²) in [4.78, 5) is 14.7. The zero-order chi connectivity index (χ0) is 17.4. The summed E-state index contributed by atoms with van der Waals surface area (Å²) in [7, 11) is 0. The Labute approximate surface area is 147 Å². The van der Waals surface area contributed by atoms with E-state index in [9.17, 15) is 10.1 Å². The van der Waals surface area contributed by atoms with Crippen LogP contribution in [0.2, 0.25) is 5.02 Å². The number of hydrogen-bond donors (Lipinski definition) is 1. The van der Waals surface area contributed by atoms with Crippen molar-refractivity contribution >= 4 is 28.9 Å². The predicted octanol–water partition coefficient (Wildman–Crippen LogP) is 3.90. The minimum atomic E-state index is -0.415. The number of hydrogen-bond acceptors (Lipinski definition) is 5. The van der Waals surface area contributed by atoms with E-state index in [1.54, 1.807) is 16.8 Å². The van der Waals surface area contributed by atoms with Crippen LogP contribution in [0.15, 0.2) is 60.9 Å². The van der Waals surface area contributed by atoms with Gasteiger partial charge in [-0.3, -0.25) is 10.1 Å². The molecule has 1 atom stereocenters. The largest absolute Gasteiger partial charge is 0.324 e. The number of nitrogens with one attached hydrogen (secondary N) is 1. The summed E-state index contributed by atoms with van der Waals surface area (Å²) >= 11 is 5.96. The molecule has 0 spiro atoms. The lowest BCUT2D eigenvalue weighted by Crippen LogP contribution is -2.20. The van der Waals surface area contributed by atoms with Crippen LogP contribution in [0.1, 0.15) is 17.2 Å². The van der Waals surface area contributed by atoms with Gasteiger partial charge in [0.2, 0.25) is 5.95 Å². The first-order valence-corrected chi connectivity index (χ1v) is 7.88. The van der Waals surface area contributed by atoms with Crippen LogP contribution >= 0.6 is 11.6 Å². The van der Waals surface area contributed by atoms with Gasteiger partial charge in [-0.1, -0.05) is 23.7 Å². The molecular weight excluding hydrogens is 342 g/mol. The first-order chi connectivity index (χ1) is 12.1. The van der Waals surface area contributed by atoms with Gasteiger partial charge in [0, 0.05) is 22.9 Å². The lowest BCUT2D eigenvalue weighted by molar-refractivity contribution is -0.384. The normalized spacial score (nSPS) is 15.9. The summed E-state index contributed by atoms with van der Waals surface area (Å²) in [5.41, 5.74) is 2.77. The second kappa shape index (κ2) is 6.03. The molecule has 0 fully saturated rings. The molecule has 8 heteroatoms. The van der Waals surface area contributed by atoms with E-state index in [0.29, 0.717) is 11.0 Å². The molecule has 2 heterocycles. The van der Waals surface area contributed by atoms with Gasteiger partial charge in [0.15, 0.2) is 0 Å². The van der Waals surface area contributed by atoms with Crippen molar-refractivity contribution in [1.82, 2.24) is 14.8 Å². The Morgan fingerprint density at radius 3 is 2.52 bits per heavy atom. The Morgan fingerprint density at radius 2 is 1.84 bits per heavy atom. The average molecular weight is 354 g/mol. The van der Waals surface area contributed by atoms with E-state index in [2.05, 4.69) is 15.4 Å². The second-order valence-corrected chi connectivity index (χ2v) is 5.97. The molecule has 0 amide bonds. The quantitative estimate of drug-likeness (QED) is 0.570. The van der Waals surface area contributed by atoms with Gasteiger partial charge >= 0.3 is 0 Å². The maximum atomic E-state index is 10.9. The third-order valence-corrected chi connectivity index (χ3v) is 4.26. The van der Waals surface area contributed by atoms with Gasteiger partial charge in [0.05, 0.1) is 4.92 Å². The molecule has 3 aromatic rings. The molecule has 0 aliphatic carbocycles. The zero-order valence-electron chi connectivity index (χ0n) is 12.8. The van der Waals surface area contributed by atoms with E-state index >= 15 is 0 Å². The molecule has 1 aromatic heterocycles. The van der Waals surface area contributed by atoms with Crippen LogP contribution in [-0.2, 0) is 0 Å². The van der Waals surface area contributed by atoms with Crippen molar-refractivity contribution in [2.75, 3.05) is 5.32 Å². The first kappa shape index (κ1) is 15.3. The second-order valence-electron chi connectivity index (χ2n) is 5.53. The molecule has 0 saturated carbocycles. The minimum Gasteiger partial charge on any atom is -0.324 e. The highest BCUT2D eigenvalue weighted by Crippen LogP contribution is 2.32. The lowest BCUT2D eigenvalue weighted by Gasteiger charge is -2.24. The van der Waals surface area contributed by atoms with Gasteiger partial charge in [-0.15, -0.1) is 0 Å². The fraction of sp³-hybridized carbons (Fsp3) is 0.0588. The van der Waals surface area contributed by atoms with Gasteiger partial charge < -0.3 is 5.32 Å². The molecular formula is C17H12ClN5O2. The van der Waals surface area contributed by atoms with E-state index in [1.165, 1.54) is 18.5 Å². The summed E-state index contributed by atoms with van der Waals surface area (Å²) in [6.45, 7) is 0. The molecule has 0 bridgehead atoms. The van der Waals surface area contributed by atoms with Crippen molar-refractivity contribution in [1.29, 1.82) is 0 Å². The highest BCUT2D eigenvalue weighted by molar-refractivity contribution is 6.30. The first-order valence-electron chi connectivity index (χ1n) is 7.50. The fourth-order valence-electron chi connectivity index (χ4n) is 2.76. The van der Waals surface area contributed by atoms with Crippen LogP contribution in [0.4, 0.5) is 11.6 Å². The van der Waals surface area contributed by atoms with E-state index in [1.807, 2.05) is 30.3 Å². The maximum absolute atomic E-state index is 10.9. The molecule has 1 aliphatic heterocycles. The number of benzene rings is 2. The molecule has 1 aliphatic rings. The average Bonchev–Trinajstić information content (AvgIpc) is 3.10. The molecule has 2 aromatic carbocycles. The van der Waals surface area contributed by atoms with Crippen molar-refractivity contribution in [2.24, 2.45) is 0 Å². The van der Waals surface area contributed by atoms with Gasteiger partial charge in [0.1, 0.15) is 12.4 Å². The molecule has 124 valence electrons. The van der Waals surface area contributed by atoms with Crippen LogP contribution in [0.25, 0.3) is 5.70 Å². The van der Waals surface area contributed by atoms with E-state index in [4.69, 9.17) is 11.6 Å². The van der Waals surface area contributed by atoms with E-state index < -0.39 is 4.92 Å². The number of fused-ring (bicyclic) bond motifs is 1. The van der Waals surface area contributed by atoms with Crippen LogP contribution < -0.4 is 5.32 Å². The number of anilines is 1. The summed E-state index contributed by atoms with van der Waals surface area (Å²) in [5, 5.41) is 19.0. The smallest absolute Gasteiger partial charge is 0.269 e. The maximum Gasteiger partial charge on any atom is 0.269 e. The van der Waals surface area contributed by atoms with Crippen molar-refractivity contribution < 1.29 is 4.92 Å². The van der Waals surface area contributed by atoms with Crippen molar-refractivity contribution in [3.63, 3.8) is 0 Å². The Hall–Kier alpha value is -3.19. The third kappa shape index (κ3) is 2.85. The van der Waals surface area contributed by atoms with Crippen LogP contribution in [-0.4, -0.2) is 19.7 Å². The summed E-state index contributed by atoms with van der Waals surface area (Å²) < 4.78 is 1.74. The number of rotatable bonds is 3. The number of nitro benzene ring substituents is 1. The molecule has 0 unspecified atom stereocenters. The standard InChI is InChI=1S/C17H12ClN5O2/c18-13-5-1-11(2-6-13)15-9-16(22-17(21-15)19-10-20-22)12-3-7-14(8-4-12)23(24)25/h1-10,16H,(H,19,20,21)/t16-/m0/s1. The van der Waals surface area contributed by atoms with Gasteiger partial charge in [-0.05, 0) is 41.5 Å².